The highest BCUT2D eigenvalue weighted by molar-refractivity contribution is 7.13. The van der Waals surface area contributed by atoms with E-state index in [4.69, 9.17) is 5.26 Å². The average Bonchev–Trinajstić information content (AvgIpc) is 2.68. The summed E-state index contributed by atoms with van der Waals surface area (Å²) in [5, 5.41) is 11.6. The number of aromatic nitrogens is 1. The third-order valence-electron chi connectivity index (χ3n) is 2.05. The Labute approximate surface area is 89.0 Å². The van der Waals surface area contributed by atoms with Gasteiger partial charge in [0.15, 0.2) is 5.13 Å². The molecule has 3 nitrogen and oxygen atoms in total. The van der Waals surface area contributed by atoms with Crippen LogP contribution >= 0.6 is 11.3 Å². The first kappa shape index (κ1) is 11.0. The summed E-state index contributed by atoms with van der Waals surface area (Å²) in [6.07, 6.45) is 1.54. The standard InChI is InChI=1S/C10H15N3S/c1-3-9-8-14-10(12-9)13(4-2)7-5-6-11/h8H,3-5,7H2,1-2H3. The fourth-order valence-electron chi connectivity index (χ4n) is 1.18. The van der Waals surface area contributed by atoms with E-state index in [-0.39, 0.29) is 0 Å². The predicted molar refractivity (Wildman–Crippen MR) is 59.6 cm³/mol. The molecule has 1 aromatic heterocycles. The van der Waals surface area contributed by atoms with Crippen LogP contribution in [0.5, 0.6) is 0 Å². The fourth-order valence-corrected chi connectivity index (χ4v) is 2.18. The third-order valence-corrected chi connectivity index (χ3v) is 3.00. The van der Waals surface area contributed by atoms with Crippen molar-refractivity contribution in [2.24, 2.45) is 0 Å². The van der Waals surface area contributed by atoms with Gasteiger partial charge in [-0.1, -0.05) is 6.92 Å². The van der Waals surface area contributed by atoms with Gasteiger partial charge < -0.3 is 4.90 Å². The normalized spacial score (nSPS) is 9.79. The van der Waals surface area contributed by atoms with Crippen molar-refractivity contribution in [3.8, 4) is 6.07 Å². The van der Waals surface area contributed by atoms with E-state index in [1.807, 2.05) is 0 Å². The summed E-state index contributed by atoms with van der Waals surface area (Å²) in [6.45, 7) is 5.89. The number of hydrogen-bond donors (Lipinski definition) is 0. The van der Waals surface area contributed by atoms with E-state index in [2.05, 4.69) is 35.2 Å². The van der Waals surface area contributed by atoms with Crippen LogP contribution in [0.1, 0.15) is 26.0 Å². The Hall–Kier alpha value is -1.08. The molecule has 0 spiro atoms. The zero-order valence-electron chi connectivity index (χ0n) is 8.66. The second-order valence-electron chi connectivity index (χ2n) is 2.96. The van der Waals surface area contributed by atoms with Crippen molar-refractivity contribution in [3.05, 3.63) is 11.1 Å². The molecule has 0 aliphatic carbocycles. The van der Waals surface area contributed by atoms with Crippen molar-refractivity contribution >= 4 is 16.5 Å². The quantitative estimate of drug-likeness (QED) is 0.747. The highest BCUT2D eigenvalue weighted by Gasteiger charge is 2.07. The molecule has 0 bridgehead atoms. The first-order chi connectivity index (χ1) is 6.81. The second kappa shape index (κ2) is 5.61. The third kappa shape index (κ3) is 2.71. The van der Waals surface area contributed by atoms with E-state index in [9.17, 15) is 0 Å². The fraction of sp³-hybridized carbons (Fsp3) is 0.600. The van der Waals surface area contributed by atoms with E-state index in [1.54, 1.807) is 11.3 Å². The highest BCUT2D eigenvalue weighted by Crippen LogP contribution is 2.20. The van der Waals surface area contributed by atoms with E-state index < -0.39 is 0 Å². The first-order valence-electron chi connectivity index (χ1n) is 4.88. The summed E-state index contributed by atoms with van der Waals surface area (Å²) in [4.78, 5) is 6.63. The van der Waals surface area contributed by atoms with E-state index in [1.165, 1.54) is 0 Å². The number of hydrogen-bond acceptors (Lipinski definition) is 4. The zero-order valence-corrected chi connectivity index (χ0v) is 9.47. The predicted octanol–water partition coefficient (Wildman–Crippen LogP) is 2.45. The van der Waals surface area contributed by atoms with Gasteiger partial charge in [-0.15, -0.1) is 11.3 Å². The first-order valence-corrected chi connectivity index (χ1v) is 5.76. The van der Waals surface area contributed by atoms with Crippen molar-refractivity contribution in [2.75, 3.05) is 18.0 Å². The number of aryl methyl sites for hydroxylation is 1. The molecule has 14 heavy (non-hydrogen) atoms. The maximum Gasteiger partial charge on any atom is 0.185 e. The molecular weight excluding hydrogens is 194 g/mol. The van der Waals surface area contributed by atoms with Crippen molar-refractivity contribution in [1.82, 2.24) is 4.98 Å². The molecule has 1 heterocycles. The molecule has 0 unspecified atom stereocenters. The molecule has 0 N–H and O–H groups in total. The lowest BCUT2D eigenvalue weighted by molar-refractivity contribution is 0.818. The minimum Gasteiger partial charge on any atom is -0.347 e. The van der Waals surface area contributed by atoms with Crippen molar-refractivity contribution < 1.29 is 0 Å². The Balaban J connectivity index is 2.64. The summed E-state index contributed by atoms with van der Waals surface area (Å²) in [5.41, 5.74) is 1.14. The summed E-state index contributed by atoms with van der Waals surface area (Å²) in [7, 11) is 0. The van der Waals surface area contributed by atoms with Gasteiger partial charge in [0.2, 0.25) is 0 Å². The van der Waals surface area contributed by atoms with E-state index >= 15 is 0 Å². The highest BCUT2D eigenvalue weighted by atomic mass is 32.1. The Morgan fingerprint density at radius 1 is 1.57 bits per heavy atom. The van der Waals surface area contributed by atoms with E-state index in [0.29, 0.717) is 6.42 Å². The van der Waals surface area contributed by atoms with Crippen LogP contribution in [0.3, 0.4) is 0 Å². The number of anilines is 1. The van der Waals surface area contributed by atoms with Gasteiger partial charge in [-0.2, -0.15) is 5.26 Å². The Morgan fingerprint density at radius 3 is 2.86 bits per heavy atom. The molecule has 0 fully saturated rings. The van der Waals surface area contributed by atoms with Crippen LogP contribution in [-0.2, 0) is 6.42 Å². The largest absolute Gasteiger partial charge is 0.347 e. The molecule has 0 saturated carbocycles. The molecule has 1 aromatic rings. The molecule has 0 saturated heterocycles. The Morgan fingerprint density at radius 2 is 2.36 bits per heavy atom. The van der Waals surface area contributed by atoms with Gasteiger partial charge >= 0.3 is 0 Å². The maximum absolute atomic E-state index is 8.52. The van der Waals surface area contributed by atoms with Crippen LogP contribution in [0.15, 0.2) is 5.38 Å². The molecule has 0 atom stereocenters. The monoisotopic (exact) mass is 209 g/mol. The summed E-state index contributed by atoms with van der Waals surface area (Å²) >= 11 is 1.66. The lowest BCUT2D eigenvalue weighted by Crippen LogP contribution is -2.23. The molecule has 0 amide bonds. The Bertz CT molecular complexity index is 313. The van der Waals surface area contributed by atoms with Crippen LogP contribution in [-0.4, -0.2) is 18.1 Å². The molecule has 0 aliphatic rings. The molecule has 1 rings (SSSR count). The van der Waals surface area contributed by atoms with Gasteiger partial charge in [0.05, 0.1) is 18.2 Å². The van der Waals surface area contributed by atoms with Gasteiger partial charge in [0, 0.05) is 18.5 Å². The van der Waals surface area contributed by atoms with Crippen molar-refractivity contribution in [2.45, 2.75) is 26.7 Å². The van der Waals surface area contributed by atoms with Gasteiger partial charge in [0.25, 0.3) is 0 Å². The van der Waals surface area contributed by atoms with Gasteiger partial charge in [0.1, 0.15) is 0 Å². The van der Waals surface area contributed by atoms with Crippen LogP contribution in [0.25, 0.3) is 0 Å². The molecule has 76 valence electrons. The van der Waals surface area contributed by atoms with Crippen LogP contribution in [0.4, 0.5) is 5.13 Å². The average molecular weight is 209 g/mol. The maximum atomic E-state index is 8.52. The van der Waals surface area contributed by atoms with Crippen molar-refractivity contribution in [1.29, 1.82) is 5.26 Å². The van der Waals surface area contributed by atoms with Crippen LogP contribution in [0, 0.1) is 11.3 Å². The molecule has 0 aliphatic heterocycles. The van der Waals surface area contributed by atoms with E-state index in [0.717, 1.165) is 30.3 Å². The molecule has 0 aromatic carbocycles. The molecular formula is C10H15N3S. The topological polar surface area (TPSA) is 39.9 Å². The molecule has 4 heteroatoms. The molecule has 0 radical (unpaired) electrons. The number of rotatable bonds is 5. The zero-order chi connectivity index (χ0) is 10.4. The smallest absolute Gasteiger partial charge is 0.185 e. The number of nitriles is 1. The lowest BCUT2D eigenvalue weighted by Gasteiger charge is -2.17. The van der Waals surface area contributed by atoms with Crippen molar-refractivity contribution in [3.63, 3.8) is 0 Å². The van der Waals surface area contributed by atoms with Gasteiger partial charge in [-0.25, -0.2) is 4.98 Å². The minimum atomic E-state index is 0.564. The number of nitrogens with zero attached hydrogens (tertiary/aromatic N) is 3. The van der Waals surface area contributed by atoms with Crippen LogP contribution < -0.4 is 4.90 Å². The number of thiazole rings is 1. The summed E-state index contributed by atoms with van der Waals surface area (Å²) < 4.78 is 0. The summed E-state index contributed by atoms with van der Waals surface area (Å²) in [6, 6.07) is 2.16. The lowest BCUT2D eigenvalue weighted by atomic mass is 10.4. The SMILES string of the molecule is CCc1csc(N(CC)CCC#N)n1. The second-order valence-corrected chi connectivity index (χ2v) is 3.80. The van der Waals surface area contributed by atoms with Gasteiger partial charge in [-0.3, -0.25) is 0 Å². The minimum absolute atomic E-state index is 0.564. The summed E-state index contributed by atoms with van der Waals surface area (Å²) in [5.74, 6) is 0. The van der Waals surface area contributed by atoms with Crippen LogP contribution in [0.2, 0.25) is 0 Å². The van der Waals surface area contributed by atoms with Gasteiger partial charge in [-0.05, 0) is 13.3 Å². The Kier molecular flexibility index (Phi) is 4.41.